The number of ether oxygens (including phenoxy) is 2. The predicted molar refractivity (Wildman–Crippen MR) is 234 cm³/mol. The Kier molecular flexibility index (Phi) is 22.3. The normalized spacial score (nSPS) is 16.7. The summed E-state index contributed by atoms with van der Waals surface area (Å²) in [4.78, 5) is 81.6. The van der Waals surface area contributed by atoms with Crippen molar-refractivity contribution in [2.24, 2.45) is 11.5 Å². The number of likely N-dealkylation sites (N-methyl/N-ethyl adjacent to an activating group) is 1. The van der Waals surface area contributed by atoms with Crippen molar-refractivity contribution in [3.05, 3.63) is 47.5 Å². The number of rotatable bonds is 25. The van der Waals surface area contributed by atoms with Gasteiger partial charge in [0.25, 0.3) is 0 Å². The molecule has 2 aromatic rings. The molecule has 1 heterocycles. The van der Waals surface area contributed by atoms with Gasteiger partial charge in [0.05, 0.1) is 6.07 Å². The van der Waals surface area contributed by atoms with Gasteiger partial charge >= 0.3 is 5.97 Å². The van der Waals surface area contributed by atoms with E-state index in [1.165, 1.54) is 69.9 Å². The fraction of sp³-hybridized carbons (Fsp3) is 0.578. The van der Waals surface area contributed by atoms with E-state index in [2.05, 4.69) is 28.2 Å². The minimum atomic E-state index is -1.40. The molecule has 17 nitrogen and oxygen atoms in total. The van der Waals surface area contributed by atoms with E-state index in [0.717, 1.165) is 19.3 Å². The van der Waals surface area contributed by atoms with Gasteiger partial charge in [-0.05, 0) is 61.7 Å². The molecule has 0 radical (unpaired) electrons. The monoisotopic (exact) mass is 862 g/mol. The van der Waals surface area contributed by atoms with E-state index in [-0.39, 0.29) is 68.5 Å². The molecule has 5 amide bonds. The number of nitrogens with two attached hydrogens (primary N) is 2. The molecular weight excluding hydrogens is 797 g/mol. The summed E-state index contributed by atoms with van der Waals surface area (Å²) in [7, 11) is 1.41. The van der Waals surface area contributed by atoms with E-state index >= 15 is 0 Å². The summed E-state index contributed by atoms with van der Waals surface area (Å²) in [5.41, 5.74) is 13.2. The molecule has 4 bridgehead atoms. The zero-order valence-electron chi connectivity index (χ0n) is 36.5. The van der Waals surface area contributed by atoms with E-state index in [1.54, 1.807) is 30.3 Å². The number of fused-ring (bicyclic) bond motifs is 5. The Morgan fingerprint density at radius 1 is 0.887 bits per heavy atom. The zero-order valence-corrected chi connectivity index (χ0v) is 36.5. The van der Waals surface area contributed by atoms with Crippen LogP contribution in [0.25, 0.3) is 11.1 Å². The highest BCUT2D eigenvalue weighted by atomic mass is 16.5. The number of amides is 5. The van der Waals surface area contributed by atoms with Crippen molar-refractivity contribution in [1.82, 2.24) is 26.2 Å². The molecule has 0 saturated carbocycles. The number of carboxylic acids is 1. The number of unbranched alkanes of at least 4 members (excludes halogenated alkanes) is 10. The van der Waals surface area contributed by atoms with Crippen molar-refractivity contribution in [2.75, 3.05) is 39.9 Å². The Labute approximate surface area is 365 Å². The summed E-state index contributed by atoms with van der Waals surface area (Å²) in [6.45, 7) is 2.91. The lowest BCUT2D eigenvalue weighted by molar-refractivity contribution is -0.143. The van der Waals surface area contributed by atoms with Crippen molar-refractivity contribution in [2.45, 2.75) is 128 Å². The van der Waals surface area contributed by atoms with E-state index in [0.29, 0.717) is 23.1 Å². The van der Waals surface area contributed by atoms with Crippen LogP contribution in [-0.2, 0) is 35.2 Å². The van der Waals surface area contributed by atoms with Crippen LogP contribution in [0.15, 0.2) is 36.4 Å². The summed E-state index contributed by atoms with van der Waals surface area (Å²) in [5, 5.41) is 29.2. The fourth-order valence-electron chi connectivity index (χ4n) is 7.32. The third-order valence-electron chi connectivity index (χ3n) is 10.6. The average Bonchev–Trinajstić information content (AvgIpc) is 3.25. The topological polar surface area (TPSA) is 268 Å². The lowest BCUT2D eigenvalue weighted by atomic mass is 9.93. The predicted octanol–water partition coefficient (Wildman–Crippen LogP) is 3.37. The second-order valence-corrected chi connectivity index (χ2v) is 15.6. The van der Waals surface area contributed by atoms with Gasteiger partial charge < -0.3 is 52.2 Å². The minimum Gasteiger partial charge on any atom is -0.492 e. The molecule has 17 heteroatoms. The first kappa shape index (κ1) is 50.6. The fourth-order valence-corrected chi connectivity index (χ4v) is 7.32. The standard InChI is InChI=1S/C45H66N8O9/c1-4-5-6-7-8-9-10-11-12-13-14-15-39(54)51-35(20-21-46)45(60)53(3)41-32-17-19-37(61-25-23-48)34(28-32)33-26-31(16-18-38(33)62-29-40(55)56)27-36(43(58)49-24-22-47)52-42(57)30(2)50-44(41)59/h16-19,26,28,30,35-36,41H,4-15,20-21,23-25,27,29,46,48H2,1-3H3,(H,49,58)(H,50,59)(H,51,54)(H,52,57)(H,55,56)/t30-,35-,36-,41-/m0/s1. The molecule has 62 heavy (non-hydrogen) atoms. The molecular formula is C45H66N8O9. The van der Waals surface area contributed by atoms with Crippen LogP contribution in [0.5, 0.6) is 11.5 Å². The minimum absolute atomic E-state index is 0.0624. The van der Waals surface area contributed by atoms with Gasteiger partial charge in [-0.25, -0.2) is 4.79 Å². The zero-order chi connectivity index (χ0) is 45.4. The number of nitrogens with zero attached hydrogens (tertiary/aromatic N) is 2. The molecule has 0 fully saturated rings. The summed E-state index contributed by atoms with van der Waals surface area (Å²) >= 11 is 0. The number of aliphatic carboxylic acids is 1. The Hall–Kier alpha value is -5.73. The van der Waals surface area contributed by atoms with Crippen molar-refractivity contribution in [3.8, 4) is 28.7 Å². The van der Waals surface area contributed by atoms with Gasteiger partial charge in [0.2, 0.25) is 29.5 Å². The van der Waals surface area contributed by atoms with Crippen LogP contribution in [0, 0.1) is 11.3 Å². The van der Waals surface area contributed by atoms with Crippen LogP contribution in [0.2, 0.25) is 0 Å². The van der Waals surface area contributed by atoms with Gasteiger partial charge in [0.15, 0.2) is 6.61 Å². The molecule has 340 valence electrons. The lowest BCUT2D eigenvalue weighted by Gasteiger charge is -2.32. The number of benzene rings is 2. The van der Waals surface area contributed by atoms with Crippen LogP contribution in [0.1, 0.15) is 114 Å². The average molecular weight is 863 g/mol. The number of nitrogens with one attached hydrogen (secondary N) is 4. The quantitative estimate of drug-likeness (QED) is 0.0560. The second kappa shape index (κ2) is 27.3. The van der Waals surface area contributed by atoms with Crippen LogP contribution in [-0.4, -0.2) is 104 Å². The molecule has 0 aliphatic carbocycles. The van der Waals surface area contributed by atoms with E-state index in [1.807, 2.05) is 6.07 Å². The Morgan fingerprint density at radius 3 is 2.15 bits per heavy atom. The number of hydrogen-bond acceptors (Lipinski definition) is 11. The maximum Gasteiger partial charge on any atom is 0.341 e. The molecule has 0 aromatic heterocycles. The molecule has 1 aliphatic heterocycles. The number of hydrogen-bond donors (Lipinski definition) is 7. The molecule has 1 aliphatic rings. The van der Waals surface area contributed by atoms with Crippen molar-refractivity contribution in [3.63, 3.8) is 0 Å². The van der Waals surface area contributed by atoms with Crippen LogP contribution < -0.4 is 42.2 Å². The first-order chi connectivity index (χ1) is 29.8. The SMILES string of the molecule is CCCCCCCCCCCCCC(=O)N[C@@H](CCN)C(=O)N(C)[C@@H]1C(=O)N[C@@H](C)C(=O)N[C@H](C(=O)NCC#N)Cc2ccc(OCC(=O)O)c(c2)-c2cc1ccc2OCCN. The van der Waals surface area contributed by atoms with Gasteiger partial charge in [0.1, 0.15) is 48.8 Å². The molecule has 3 rings (SSSR count). The van der Waals surface area contributed by atoms with E-state index < -0.39 is 60.4 Å². The summed E-state index contributed by atoms with van der Waals surface area (Å²) in [6.07, 6.45) is 12.7. The third kappa shape index (κ3) is 16.3. The first-order valence-electron chi connectivity index (χ1n) is 21.8. The van der Waals surface area contributed by atoms with Gasteiger partial charge in [0, 0.05) is 37.6 Å². The highest BCUT2D eigenvalue weighted by Crippen LogP contribution is 2.40. The summed E-state index contributed by atoms with van der Waals surface area (Å²) in [6, 6.07) is 6.49. The summed E-state index contributed by atoms with van der Waals surface area (Å²) < 4.78 is 11.7. The maximum absolute atomic E-state index is 14.4. The Morgan fingerprint density at radius 2 is 1.52 bits per heavy atom. The van der Waals surface area contributed by atoms with Gasteiger partial charge in [-0.3, -0.25) is 24.0 Å². The van der Waals surface area contributed by atoms with E-state index in [4.69, 9.17) is 26.2 Å². The first-order valence-corrected chi connectivity index (χ1v) is 21.8. The third-order valence-corrected chi connectivity index (χ3v) is 10.6. The number of carbonyl (C=O) groups is 6. The molecule has 0 spiro atoms. The number of carbonyl (C=O) groups excluding carboxylic acids is 5. The van der Waals surface area contributed by atoms with Crippen molar-refractivity contribution < 1.29 is 43.3 Å². The molecule has 2 aromatic carbocycles. The lowest BCUT2D eigenvalue weighted by Crippen LogP contribution is -2.56. The van der Waals surface area contributed by atoms with Crippen molar-refractivity contribution >= 4 is 35.5 Å². The van der Waals surface area contributed by atoms with Crippen LogP contribution >= 0.6 is 0 Å². The highest BCUT2D eigenvalue weighted by molar-refractivity contribution is 5.96. The number of carboxylic acid groups (broad SMARTS) is 1. The maximum atomic E-state index is 14.4. The molecule has 0 saturated heterocycles. The highest BCUT2D eigenvalue weighted by Gasteiger charge is 2.36. The second-order valence-electron chi connectivity index (χ2n) is 15.6. The Balaban J connectivity index is 2.00. The van der Waals surface area contributed by atoms with Crippen molar-refractivity contribution in [1.29, 1.82) is 5.26 Å². The van der Waals surface area contributed by atoms with Crippen LogP contribution in [0.4, 0.5) is 0 Å². The smallest absolute Gasteiger partial charge is 0.341 e. The molecule has 9 N–H and O–H groups in total. The van der Waals surface area contributed by atoms with Crippen LogP contribution in [0.3, 0.4) is 0 Å². The van der Waals surface area contributed by atoms with E-state index in [9.17, 15) is 33.9 Å². The largest absolute Gasteiger partial charge is 0.492 e. The molecule has 0 unspecified atom stereocenters. The Bertz CT molecular complexity index is 1850. The van der Waals surface area contributed by atoms with Gasteiger partial charge in [-0.15, -0.1) is 0 Å². The van der Waals surface area contributed by atoms with Gasteiger partial charge in [-0.1, -0.05) is 83.3 Å². The molecule has 4 atom stereocenters. The number of nitriles is 1. The summed E-state index contributed by atoms with van der Waals surface area (Å²) in [5.74, 6) is -3.89. The van der Waals surface area contributed by atoms with Gasteiger partial charge in [-0.2, -0.15) is 5.26 Å².